The first-order valence-electron chi connectivity index (χ1n) is 8.29. The standard InChI is InChI=1S/C17H32N2O/c1-3-4-5-6-7-8-9-10-11-12-13-17-18-14-15-19(17)16(2)20/h4-5,14-18,20H,3,6-13H2,1-2H3/b5-4+. The van der Waals surface area contributed by atoms with Crippen molar-refractivity contribution in [3.05, 3.63) is 24.6 Å². The molecule has 20 heavy (non-hydrogen) atoms. The summed E-state index contributed by atoms with van der Waals surface area (Å²) in [5.41, 5.74) is 0. The Labute approximate surface area is 124 Å². The summed E-state index contributed by atoms with van der Waals surface area (Å²) in [6.07, 6.45) is 19.8. The Morgan fingerprint density at radius 3 is 2.55 bits per heavy atom. The lowest BCUT2D eigenvalue weighted by molar-refractivity contribution is 0.0254. The average Bonchev–Trinajstić information content (AvgIpc) is 2.89. The molecule has 0 amide bonds. The van der Waals surface area contributed by atoms with E-state index in [1.54, 1.807) is 0 Å². The van der Waals surface area contributed by atoms with Gasteiger partial charge in [0.1, 0.15) is 12.4 Å². The first-order valence-corrected chi connectivity index (χ1v) is 8.29. The fourth-order valence-electron chi connectivity index (χ4n) is 2.64. The lowest BCUT2D eigenvalue weighted by Gasteiger charge is -2.28. The number of nitrogens with one attached hydrogen (secondary N) is 1. The Bertz CT molecular complexity index is 287. The molecule has 116 valence electrons. The van der Waals surface area contributed by atoms with Crippen molar-refractivity contribution in [2.75, 3.05) is 0 Å². The van der Waals surface area contributed by atoms with Crippen LogP contribution in [0.15, 0.2) is 24.6 Å². The fourth-order valence-corrected chi connectivity index (χ4v) is 2.64. The van der Waals surface area contributed by atoms with Crippen molar-refractivity contribution in [2.24, 2.45) is 0 Å². The third kappa shape index (κ3) is 6.99. The van der Waals surface area contributed by atoms with Crippen LogP contribution in [0, 0.1) is 0 Å². The molecule has 3 nitrogen and oxygen atoms in total. The van der Waals surface area contributed by atoms with Crippen molar-refractivity contribution >= 4 is 0 Å². The van der Waals surface area contributed by atoms with Gasteiger partial charge in [0, 0.05) is 12.4 Å². The van der Waals surface area contributed by atoms with Gasteiger partial charge in [-0.1, -0.05) is 44.8 Å². The van der Waals surface area contributed by atoms with E-state index in [0.717, 1.165) is 12.8 Å². The van der Waals surface area contributed by atoms with Gasteiger partial charge in [0.05, 0.1) is 0 Å². The van der Waals surface area contributed by atoms with Gasteiger partial charge in [-0.2, -0.15) is 0 Å². The molecule has 2 atom stereocenters. The lowest BCUT2D eigenvalue weighted by atomic mass is 10.1. The SMILES string of the molecule is CC/C=C/CCCCCCCCC1NC=CN1C(C)O. The molecule has 0 aliphatic carbocycles. The van der Waals surface area contributed by atoms with Crippen LogP contribution in [0.25, 0.3) is 0 Å². The molecule has 3 heteroatoms. The van der Waals surface area contributed by atoms with Gasteiger partial charge < -0.3 is 15.3 Å². The van der Waals surface area contributed by atoms with Crippen LogP contribution in [0.3, 0.4) is 0 Å². The highest BCUT2D eigenvalue weighted by Gasteiger charge is 2.20. The Kier molecular flexibility index (Phi) is 9.22. The highest BCUT2D eigenvalue weighted by molar-refractivity contribution is 4.94. The molecule has 0 bridgehead atoms. The molecule has 0 saturated heterocycles. The van der Waals surface area contributed by atoms with Crippen LogP contribution in [0.1, 0.15) is 71.6 Å². The number of unbranched alkanes of at least 4 members (excludes halogenated alkanes) is 6. The molecule has 2 N–H and O–H groups in total. The maximum atomic E-state index is 9.61. The second-order valence-electron chi connectivity index (χ2n) is 5.66. The van der Waals surface area contributed by atoms with E-state index in [2.05, 4.69) is 24.4 Å². The van der Waals surface area contributed by atoms with E-state index in [-0.39, 0.29) is 6.17 Å². The fraction of sp³-hybridized carbons (Fsp3) is 0.765. The van der Waals surface area contributed by atoms with Gasteiger partial charge in [0.25, 0.3) is 0 Å². The molecule has 2 unspecified atom stereocenters. The van der Waals surface area contributed by atoms with Crippen LogP contribution in [0.2, 0.25) is 0 Å². The first-order chi connectivity index (χ1) is 9.75. The number of rotatable bonds is 11. The molecule has 0 aromatic rings. The molecule has 1 aliphatic rings. The molecule has 0 fully saturated rings. The highest BCUT2D eigenvalue weighted by Crippen LogP contribution is 2.16. The third-order valence-corrected chi connectivity index (χ3v) is 3.83. The van der Waals surface area contributed by atoms with E-state index in [0.29, 0.717) is 0 Å². The van der Waals surface area contributed by atoms with Crippen molar-refractivity contribution in [1.29, 1.82) is 0 Å². The van der Waals surface area contributed by atoms with Crippen LogP contribution in [-0.4, -0.2) is 22.4 Å². The maximum absolute atomic E-state index is 9.61. The average molecular weight is 280 g/mol. The topological polar surface area (TPSA) is 35.5 Å². The molecule has 0 spiro atoms. The smallest absolute Gasteiger partial charge is 0.125 e. The van der Waals surface area contributed by atoms with Gasteiger partial charge in [0.15, 0.2) is 0 Å². The predicted octanol–water partition coefficient (Wildman–Crippen LogP) is 4.11. The summed E-state index contributed by atoms with van der Waals surface area (Å²) in [6.45, 7) is 4.00. The number of aliphatic hydroxyl groups is 1. The van der Waals surface area contributed by atoms with Gasteiger partial charge in [-0.3, -0.25) is 0 Å². The molecule has 1 heterocycles. The molecule has 0 saturated carbocycles. The highest BCUT2D eigenvalue weighted by atomic mass is 16.3. The molecule has 1 rings (SSSR count). The van der Waals surface area contributed by atoms with Gasteiger partial charge in [-0.25, -0.2) is 0 Å². The van der Waals surface area contributed by atoms with Gasteiger partial charge >= 0.3 is 0 Å². The molecule has 0 aromatic carbocycles. The van der Waals surface area contributed by atoms with Gasteiger partial charge in [-0.15, -0.1) is 0 Å². The van der Waals surface area contributed by atoms with Gasteiger partial charge in [0.2, 0.25) is 0 Å². The number of nitrogens with zero attached hydrogens (tertiary/aromatic N) is 1. The van der Waals surface area contributed by atoms with E-state index < -0.39 is 6.23 Å². The predicted molar refractivity (Wildman–Crippen MR) is 86.0 cm³/mol. The molecule has 0 radical (unpaired) electrons. The van der Waals surface area contributed by atoms with Crippen molar-refractivity contribution in [1.82, 2.24) is 10.2 Å². The van der Waals surface area contributed by atoms with Crippen LogP contribution < -0.4 is 5.32 Å². The van der Waals surface area contributed by atoms with Crippen molar-refractivity contribution in [2.45, 2.75) is 84.0 Å². The lowest BCUT2D eigenvalue weighted by Crippen LogP contribution is -2.40. The van der Waals surface area contributed by atoms with E-state index in [1.165, 1.54) is 44.9 Å². The number of allylic oxidation sites excluding steroid dienone is 2. The Hall–Kier alpha value is -0.960. The Morgan fingerprint density at radius 2 is 1.85 bits per heavy atom. The summed E-state index contributed by atoms with van der Waals surface area (Å²) in [7, 11) is 0. The van der Waals surface area contributed by atoms with E-state index in [1.807, 2.05) is 24.2 Å². The zero-order valence-corrected chi connectivity index (χ0v) is 13.2. The zero-order chi connectivity index (χ0) is 14.6. The molecule has 0 aromatic heterocycles. The quantitative estimate of drug-likeness (QED) is 0.441. The largest absolute Gasteiger partial charge is 0.374 e. The second-order valence-corrected chi connectivity index (χ2v) is 5.66. The number of hydrogen-bond acceptors (Lipinski definition) is 3. The van der Waals surface area contributed by atoms with E-state index >= 15 is 0 Å². The first kappa shape index (κ1) is 17.1. The van der Waals surface area contributed by atoms with Crippen molar-refractivity contribution in [3.63, 3.8) is 0 Å². The molecular formula is C17H32N2O. The number of hydrogen-bond donors (Lipinski definition) is 2. The summed E-state index contributed by atoms with van der Waals surface area (Å²) in [6, 6.07) is 0. The summed E-state index contributed by atoms with van der Waals surface area (Å²) < 4.78 is 0. The normalized spacial score (nSPS) is 19.8. The molecular weight excluding hydrogens is 248 g/mol. The van der Waals surface area contributed by atoms with Crippen LogP contribution in [-0.2, 0) is 0 Å². The minimum Gasteiger partial charge on any atom is -0.374 e. The Balaban J connectivity index is 1.91. The Morgan fingerprint density at radius 1 is 1.15 bits per heavy atom. The monoisotopic (exact) mass is 280 g/mol. The zero-order valence-electron chi connectivity index (χ0n) is 13.2. The second kappa shape index (κ2) is 10.8. The third-order valence-electron chi connectivity index (χ3n) is 3.83. The van der Waals surface area contributed by atoms with E-state index in [4.69, 9.17) is 0 Å². The van der Waals surface area contributed by atoms with Crippen LogP contribution in [0.4, 0.5) is 0 Å². The summed E-state index contributed by atoms with van der Waals surface area (Å²) in [4.78, 5) is 1.99. The summed E-state index contributed by atoms with van der Waals surface area (Å²) in [5.74, 6) is 0. The maximum Gasteiger partial charge on any atom is 0.125 e. The number of aliphatic hydroxyl groups excluding tert-OH is 1. The van der Waals surface area contributed by atoms with Crippen LogP contribution in [0.5, 0.6) is 0 Å². The van der Waals surface area contributed by atoms with Crippen LogP contribution >= 0.6 is 0 Å². The minimum atomic E-state index is -0.401. The molecule has 1 aliphatic heterocycles. The van der Waals surface area contributed by atoms with E-state index in [9.17, 15) is 5.11 Å². The summed E-state index contributed by atoms with van der Waals surface area (Å²) in [5, 5.41) is 12.9. The van der Waals surface area contributed by atoms with Crippen molar-refractivity contribution < 1.29 is 5.11 Å². The van der Waals surface area contributed by atoms with Gasteiger partial charge in [-0.05, 0) is 39.0 Å². The summed E-state index contributed by atoms with van der Waals surface area (Å²) >= 11 is 0. The van der Waals surface area contributed by atoms with Crippen molar-refractivity contribution in [3.8, 4) is 0 Å². The minimum absolute atomic E-state index is 0.286.